The van der Waals surface area contributed by atoms with Crippen LogP contribution in [-0.2, 0) is 5.41 Å². The van der Waals surface area contributed by atoms with Gasteiger partial charge in [0.15, 0.2) is 0 Å². The first-order chi connectivity index (χ1) is 25.1. The fourth-order valence-electron chi connectivity index (χ4n) is 9.37. The summed E-state index contributed by atoms with van der Waals surface area (Å²) >= 11 is 0. The van der Waals surface area contributed by atoms with Gasteiger partial charge in [0.05, 0.1) is 0 Å². The maximum atomic E-state index is 2.48. The molecule has 11 rings (SSSR count). The molecule has 10 aromatic carbocycles. The minimum atomic E-state index is -0.154. The van der Waals surface area contributed by atoms with Crippen LogP contribution < -0.4 is 0 Å². The lowest BCUT2D eigenvalue weighted by Crippen LogP contribution is -2.15. The Hall–Kier alpha value is -6.24. The van der Waals surface area contributed by atoms with Crippen LogP contribution in [0.15, 0.2) is 170 Å². The molecule has 0 spiro atoms. The van der Waals surface area contributed by atoms with Crippen molar-refractivity contribution >= 4 is 64.6 Å². The zero-order chi connectivity index (χ0) is 33.8. The monoisotopic (exact) mass is 646 g/mol. The van der Waals surface area contributed by atoms with Gasteiger partial charge in [-0.3, -0.25) is 0 Å². The summed E-state index contributed by atoms with van der Waals surface area (Å²) in [6.45, 7) is 4.81. The van der Waals surface area contributed by atoms with Crippen LogP contribution in [0.25, 0.3) is 98.0 Å². The first kappa shape index (κ1) is 28.6. The van der Waals surface area contributed by atoms with Crippen molar-refractivity contribution in [3.05, 3.63) is 181 Å². The Morgan fingerprint density at radius 1 is 0.294 bits per heavy atom. The first-order valence-corrected chi connectivity index (χ1v) is 18.0. The number of hydrogen-bond donors (Lipinski definition) is 0. The minimum Gasteiger partial charge on any atom is -0.0616 e. The van der Waals surface area contributed by atoms with Crippen LogP contribution >= 0.6 is 0 Å². The van der Waals surface area contributed by atoms with Gasteiger partial charge >= 0.3 is 0 Å². The van der Waals surface area contributed by atoms with Crippen LogP contribution in [0.4, 0.5) is 0 Å². The molecule has 0 unspecified atom stereocenters. The van der Waals surface area contributed by atoms with E-state index in [1.165, 1.54) is 109 Å². The fourth-order valence-corrected chi connectivity index (χ4v) is 9.37. The molecule has 1 aliphatic carbocycles. The summed E-state index contributed by atoms with van der Waals surface area (Å²) in [6.07, 6.45) is 0. The molecule has 0 aliphatic heterocycles. The molecule has 0 saturated heterocycles. The third-order valence-corrected chi connectivity index (χ3v) is 11.8. The molecule has 238 valence electrons. The third kappa shape index (κ3) is 3.96. The second-order valence-corrected chi connectivity index (χ2v) is 14.8. The highest BCUT2D eigenvalue weighted by atomic mass is 14.4. The lowest BCUT2D eigenvalue weighted by atomic mass is 9.80. The van der Waals surface area contributed by atoms with Gasteiger partial charge in [0, 0.05) is 5.41 Å². The van der Waals surface area contributed by atoms with Crippen molar-refractivity contribution in [2.45, 2.75) is 19.3 Å². The molecule has 1 aliphatic rings. The fraction of sp³-hybridized carbons (Fsp3) is 0.0588. The molecule has 0 amide bonds. The SMILES string of the molecule is CC1(C)c2cc(-c3cc4ccccc4c4ccccc34)ccc2-c2ccc(-c3cc4c5ccccc5c5ccccc5c4c4ccccc34)cc21. The molecule has 0 bridgehead atoms. The minimum absolute atomic E-state index is 0.154. The summed E-state index contributed by atoms with van der Waals surface area (Å²) in [6, 6.07) is 63.6. The van der Waals surface area contributed by atoms with E-state index < -0.39 is 0 Å². The number of hydrogen-bond acceptors (Lipinski definition) is 0. The lowest BCUT2D eigenvalue weighted by molar-refractivity contribution is 0.661. The highest BCUT2D eigenvalue weighted by Gasteiger charge is 2.36. The number of rotatable bonds is 2. The molecule has 51 heavy (non-hydrogen) atoms. The summed E-state index contributed by atoms with van der Waals surface area (Å²) in [7, 11) is 0. The standard InChI is InChI=1S/C51H34/c1-51(2)48-28-32(45-27-31-13-3-4-14-34(31)35-15-5-7-18-38(35)45)23-25-41(48)42-26-24-33(29-49(42)51)46-30-47-39-19-8-6-16-36(39)37-17-9-11-21-43(37)50(47)44-22-12-10-20-40(44)46/h3-30H,1-2H3. The Morgan fingerprint density at radius 2 is 0.686 bits per heavy atom. The molecular weight excluding hydrogens is 613 g/mol. The molecule has 10 aromatic rings. The van der Waals surface area contributed by atoms with E-state index in [0.29, 0.717) is 0 Å². The largest absolute Gasteiger partial charge is 0.0616 e. The Kier molecular flexibility index (Phi) is 5.82. The van der Waals surface area contributed by atoms with E-state index in [4.69, 9.17) is 0 Å². The van der Waals surface area contributed by atoms with Gasteiger partial charge in [0.25, 0.3) is 0 Å². The topological polar surface area (TPSA) is 0 Å². The Morgan fingerprint density at radius 3 is 1.27 bits per heavy atom. The van der Waals surface area contributed by atoms with Gasteiger partial charge in [0.1, 0.15) is 0 Å². The maximum absolute atomic E-state index is 2.48. The molecule has 0 heterocycles. The van der Waals surface area contributed by atoms with Gasteiger partial charge in [-0.2, -0.15) is 0 Å². The second kappa shape index (κ2) is 10.4. The maximum Gasteiger partial charge on any atom is 0.0159 e. The zero-order valence-corrected chi connectivity index (χ0v) is 28.7. The first-order valence-electron chi connectivity index (χ1n) is 18.0. The predicted molar refractivity (Wildman–Crippen MR) is 220 cm³/mol. The highest BCUT2D eigenvalue weighted by molar-refractivity contribution is 6.33. The summed E-state index contributed by atoms with van der Waals surface area (Å²) in [5, 5.41) is 15.7. The van der Waals surface area contributed by atoms with Gasteiger partial charge in [0.2, 0.25) is 0 Å². The molecule has 0 N–H and O–H groups in total. The summed E-state index contributed by atoms with van der Waals surface area (Å²) in [5.41, 5.74) is 10.4. The number of fused-ring (bicyclic) bond motifs is 14. The van der Waals surface area contributed by atoms with Gasteiger partial charge < -0.3 is 0 Å². The highest BCUT2D eigenvalue weighted by Crippen LogP contribution is 2.52. The van der Waals surface area contributed by atoms with Gasteiger partial charge in [-0.05, 0) is 133 Å². The van der Waals surface area contributed by atoms with Crippen LogP contribution in [0.2, 0.25) is 0 Å². The van der Waals surface area contributed by atoms with Crippen LogP contribution in [0, 0.1) is 0 Å². The molecule has 0 saturated carbocycles. The van der Waals surface area contributed by atoms with Crippen LogP contribution in [0.3, 0.4) is 0 Å². The Bertz CT molecular complexity index is 3100. The molecule has 0 fully saturated rings. The molecule has 0 radical (unpaired) electrons. The smallest absolute Gasteiger partial charge is 0.0159 e. The van der Waals surface area contributed by atoms with E-state index in [1.54, 1.807) is 0 Å². The Balaban J connectivity index is 1.11. The van der Waals surface area contributed by atoms with E-state index in [1.807, 2.05) is 0 Å². The predicted octanol–water partition coefficient (Wildman–Crippen LogP) is 14.2. The van der Waals surface area contributed by atoms with Crippen molar-refractivity contribution in [1.29, 1.82) is 0 Å². The Labute approximate surface area is 297 Å². The van der Waals surface area contributed by atoms with Gasteiger partial charge in [-0.15, -0.1) is 0 Å². The van der Waals surface area contributed by atoms with Crippen molar-refractivity contribution in [3.63, 3.8) is 0 Å². The van der Waals surface area contributed by atoms with Crippen molar-refractivity contribution < 1.29 is 0 Å². The van der Waals surface area contributed by atoms with E-state index >= 15 is 0 Å². The van der Waals surface area contributed by atoms with E-state index in [2.05, 4.69) is 184 Å². The van der Waals surface area contributed by atoms with Crippen LogP contribution in [0.5, 0.6) is 0 Å². The van der Waals surface area contributed by atoms with Crippen molar-refractivity contribution in [3.8, 4) is 33.4 Å². The van der Waals surface area contributed by atoms with Crippen LogP contribution in [0.1, 0.15) is 25.0 Å². The van der Waals surface area contributed by atoms with E-state index in [9.17, 15) is 0 Å². The molecule has 0 nitrogen and oxygen atoms in total. The van der Waals surface area contributed by atoms with Crippen LogP contribution in [-0.4, -0.2) is 0 Å². The normalized spacial score (nSPS) is 13.5. The summed E-state index contributed by atoms with van der Waals surface area (Å²) in [5.74, 6) is 0. The van der Waals surface area contributed by atoms with E-state index in [-0.39, 0.29) is 5.41 Å². The van der Waals surface area contributed by atoms with E-state index in [0.717, 1.165) is 0 Å². The second-order valence-electron chi connectivity index (χ2n) is 14.8. The average Bonchev–Trinajstić information content (AvgIpc) is 3.42. The summed E-state index contributed by atoms with van der Waals surface area (Å²) < 4.78 is 0. The zero-order valence-electron chi connectivity index (χ0n) is 28.7. The third-order valence-electron chi connectivity index (χ3n) is 11.8. The molecule has 0 atom stereocenters. The molecule has 0 heteroatoms. The van der Waals surface area contributed by atoms with Crippen molar-refractivity contribution in [2.75, 3.05) is 0 Å². The molecule has 0 aromatic heterocycles. The quantitative estimate of drug-likeness (QED) is 0.164. The van der Waals surface area contributed by atoms with Gasteiger partial charge in [-0.25, -0.2) is 0 Å². The number of benzene rings is 10. The average molecular weight is 647 g/mol. The van der Waals surface area contributed by atoms with Gasteiger partial charge in [-0.1, -0.05) is 159 Å². The lowest BCUT2D eigenvalue weighted by Gasteiger charge is -2.23. The molecular formula is C51H34. The van der Waals surface area contributed by atoms with Crippen molar-refractivity contribution in [2.24, 2.45) is 0 Å². The van der Waals surface area contributed by atoms with Crippen molar-refractivity contribution in [1.82, 2.24) is 0 Å². The summed E-state index contributed by atoms with van der Waals surface area (Å²) in [4.78, 5) is 0.